The van der Waals surface area contributed by atoms with Crippen LogP contribution < -0.4 is 5.32 Å². The van der Waals surface area contributed by atoms with Crippen LogP contribution in [0.25, 0.3) is 0 Å². The Balaban J connectivity index is 1.77. The molecule has 1 atom stereocenters. The van der Waals surface area contributed by atoms with Crippen molar-refractivity contribution in [3.63, 3.8) is 0 Å². The summed E-state index contributed by atoms with van der Waals surface area (Å²) < 4.78 is 4.88. The molecule has 0 bridgehead atoms. The molecule has 0 aliphatic carbocycles. The maximum absolute atomic E-state index is 12.0. The predicted octanol–water partition coefficient (Wildman–Crippen LogP) is 2.84. The number of rotatable bonds is 10. The standard InChI is InChI=1S/C19H25N3O4/c1-2-26-17(23)13-9-4-3-8-12-16-18(24)21-19(25)22(16)20-14-15-10-6-5-7-11-15/h5-7,10-11,14,16H,2-4,8-9,12-13H2,1H3,(H,21,24,25). The van der Waals surface area contributed by atoms with Crippen molar-refractivity contribution in [1.29, 1.82) is 0 Å². The quantitative estimate of drug-likeness (QED) is 0.301. The van der Waals surface area contributed by atoms with Crippen LogP contribution in [0.1, 0.15) is 51.0 Å². The first-order valence-electron chi connectivity index (χ1n) is 9.00. The van der Waals surface area contributed by atoms with Gasteiger partial charge in [0.25, 0.3) is 5.91 Å². The molecule has 0 aromatic heterocycles. The monoisotopic (exact) mass is 359 g/mol. The molecule has 1 aromatic carbocycles. The van der Waals surface area contributed by atoms with E-state index in [1.165, 1.54) is 5.01 Å². The first kappa shape index (κ1) is 19.6. The fourth-order valence-electron chi connectivity index (χ4n) is 2.75. The molecular formula is C19H25N3O4. The molecule has 1 fully saturated rings. The zero-order valence-electron chi connectivity index (χ0n) is 15.0. The van der Waals surface area contributed by atoms with Crippen LogP contribution in [0, 0.1) is 0 Å². The second-order valence-electron chi connectivity index (χ2n) is 6.07. The van der Waals surface area contributed by atoms with Gasteiger partial charge in [0.05, 0.1) is 12.8 Å². The van der Waals surface area contributed by atoms with E-state index in [2.05, 4.69) is 10.4 Å². The predicted molar refractivity (Wildman–Crippen MR) is 97.5 cm³/mol. The molecule has 1 aliphatic heterocycles. The number of ether oxygens (including phenoxy) is 1. The van der Waals surface area contributed by atoms with Crippen molar-refractivity contribution >= 4 is 24.1 Å². The number of esters is 1. The highest BCUT2D eigenvalue weighted by Crippen LogP contribution is 2.17. The first-order chi connectivity index (χ1) is 12.6. The summed E-state index contributed by atoms with van der Waals surface area (Å²) in [6.07, 6.45) is 5.86. The van der Waals surface area contributed by atoms with Crippen molar-refractivity contribution in [3.8, 4) is 0 Å². The number of carbonyl (C=O) groups excluding carboxylic acids is 3. The number of carbonyl (C=O) groups is 3. The van der Waals surface area contributed by atoms with E-state index < -0.39 is 12.1 Å². The molecule has 1 unspecified atom stereocenters. The van der Waals surface area contributed by atoms with E-state index in [4.69, 9.17) is 4.74 Å². The van der Waals surface area contributed by atoms with Crippen molar-refractivity contribution in [2.45, 2.75) is 51.5 Å². The minimum atomic E-state index is -0.576. The zero-order chi connectivity index (χ0) is 18.8. The molecule has 26 heavy (non-hydrogen) atoms. The maximum atomic E-state index is 12.0. The number of urea groups is 1. The van der Waals surface area contributed by atoms with Gasteiger partial charge in [0.1, 0.15) is 6.04 Å². The van der Waals surface area contributed by atoms with Crippen LogP contribution in [-0.4, -0.2) is 41.8 Å². The van der Waals surface area contributed by atoms with Gasteiger partial charge in [-0.25, -0.2) is 9.80 Å². The van der Waals surface area contributed by atoms with E-state index in [1.807, 2.05) is 30.3 Å². The summed E-state index contributed by atoms with van der Waals surface area (Å²) in [4.78, 5) is 35.2. The molecule has 2 rings (SSSR count). The molecule has 7 heteroatoms. The Kier molecular flexibility index (Phi) is 7.79. The van der Waals surface area contributed by atoms with Gasteiger partial charge in [-0.3, -0.25) is 14.9 Å². The van der Waals surface area contributed by atoms with Gasteiger partial charge in [-0.15, -0.1) is 0 Å². The van der Waals surface area contributed by atoms with Crippen molar-refractivity contribution in [2.24, 2.45) is 5.10 Å². The molecule has 0 radical (unpaired) electrons. The van der Waals surface area contributed by atoms with Gasteiger partial charge >= 0.3 is 12.0 Å². The molecule has 140 valence electrons. The minimum Gasteiger partial charge on any atom is -0.466 e. The Morgan fingerprint density at radius 2 is 1.92 bits per heavy atom. The second kappa shape index (κ2) is 10.3. The number of imide groups is 1. The van der Waals surface area contributed by atoms with Gasteiger partial charge in [0.15, 0.2) is 0 Å². The summed E-state index contributed by atoms with van der Waals surface area (Å²) in [7, 11) is 0. The fourth-order valence-corrected chi connectivity index (χ4v) is 2.75. The number of hydrogen-bond donors (Lipinski definition) is 1. The van der Waals surface area contributed by atoms with Crippen molar-refractivity contribution < 1.29 is 19.1 Å². The molecule has 1 saturated heterocycles. The van der Waals surface area contributed by atoms with E-state index in [0.29, 0.717) is 19.4 Å². The molecule has 0 spiro atoms. The summed E-state index contributed by atoms with van der Waals surface area (Å²) >= 11 is 0. The summed E-state index contributed by atoms with van der Waals surface area (Å²) in [5, 5.41) is 7.70. The summed E-state index contributed by atoms with van der Waals surface area (Å²) in [6, 6.07) is 8.33. The zero-order valence-corrected chi connectivity index (χ0v) is 15.0. The van der Waals surface area contributed by atoms with E-state index in [-0.39, 0.29) is 11.9 Å². The highest BCUT2D eigenvalue weighted by Gasteiger charge is 2.37. The lowest BCUT2D eigenvalue weighted by atomic mass is 10.1. The molecule has 7 nitrogen and oxygen atoms in total. The molecule has 1 aliphatic rings. The van der Waals surface area contributed by atoms with Crippen LogP contribution in [-0.2, 0) is 14.3 Å². The lowest BCUT2D eigenvalue weighted by molar-refractivity contribution is -0.143. The number of hydrogen-bond acceptors (Lipinski definition) is 5. The normalized spacial score (nSPS) is 17.0. The fraction of sp³-hybridized carbons (Fsp3) is 0.474. The lowest BCUT2D eigenvalue weighted by Gasteiger charge is -2.15. The largest absolute Gasteiger partial charge is 0.466 e. The van der Waals surface area contributed by atoms with Crippen LogP contribution in [0.5, 0.6) is 0 Å². The van der Waals surface area contributed by atoms with E-state index in [9.17, 15) is 14.4 Å². The average Bonchev–Trinajstić information content (AvgIpc) is 2.90. The van der Waals surface area contributed by atoms with Crippen molar-refractivity contribution in [3.05, 3.63) is 35.9 Å². The first-order valence-corrected chi connectivity index (χ1v) is 9.00. The van der Waals surface area contributed by atoms with Gasteiger partial charge in [-0.1, -0.05) is 49.6 Å². The van der Waals surface area contributed by atoms with Crippen LogP contribution in [0.4, 0.5) is 4.79 Å². The number of amides is 3. The number of hydrazone groups is 1. The number of unbranched alkanes of at least 4 members (excludes halogenated alkanes) is 3. The molecule has 1 N–H and O–H groups in total. The third-order valence-electron chi connectivity index (χ3n) is 4.08. The van der Waals surface area contributed by atoms with Gasteiger partial charge in [0, 0.05) is 6.42 Å². The van der Waals surface area contributed by atoms with Crippen LogP contribution in [0.3, 0.4) is 0 Å². The summed E-state index contributed by atoms with van der Waals surface area (Å²) in [5.41, 5.74) is 0.859. The van der Waals surface area contributed by atoms with Crippen LogP contribution >= 0.6 is 0 Å². The van der Waals surface area contributed by atoms with E-state index in [0.717, 1.165) is 31.2 Å². The number of nitrogens with one attached hydrogen (secondary N) is 1. The third-order valence-corrected chi connectivity index (χ3v) is 4.08. The number of benzene rings is 1. The summed E-state index contributed by atoms with van der Waals surface area (Å²) in [5.74, 6) is -0.485. The molecule has 3 amide bonds. The second-order valence-corrected chi connectivity index (χ2v) is 6.07. The highest BCUT2D eigenvalue weighted by atomic mass is 16.5. The lowest BCUT2D eigenvalue weighted by Crippen LogP contribution is -2.30. The molecular weight excluding hydrogens is 334 g/mol. The Bertz CT molecular complexity index is 645. The Morgan fingerprint density at radius 3 is 2.65 bits per heavy atom. The van der Waals surface area contributed by atoms with Gasteiger partial charge in [-0.2, -0.15) is 5.10 Å². The summed E-state index contributed by atoms with van der Waals surface area (Å²) in [6.45, 7) is 2.20. The third kappa shape index (κ3) is 5.98. The van der Waals surface area contributed by atoms with Gasteiger partial charge in [0.2, 0.25) is 0 Å². The van der Waals surface area contributed by atoms with Crippen LogP contribution in [0.15, 0.2) is 35.4 Å². The molecule has 1 heterocycles. The molecule has 1 aromatic rings. The average molecular weight is 359 g/mol. The topological polar surface area (TPSA) is 88.1 Å². The Labute approximate surface area is 153 Å². The highest BCUT2D eigenvalue weighted by molar-refractivity contribution is 6.04. The van der Waals surface area contributed by atoms with Gasteiger partial charge in [-0.05, 0) is 25.3 Å². The Hall–Kier alpha value is -2.70. The molecule has 0 saturated carbocycles. The van der Waals surface area contributed by atoms with Crippen molar-refractivity contribution in [1.82, 2.24) is 10.3 Å². The maximum Gasteiger partial charge on any atom is 0.345 e. The van der Waals surface area contributed by atoms with E-state index in [1.54, 1.807) is 13.1 Å². The van der Waals surface area contributed by atoms with Crippen LogP contribution in [0.2, 0.25) is 0 Å². The minimum absolute atomic E-state index is 0.172. The smallest absolute Gasteiger partial charge is 0.345 e. The van der Waals surface area contributed by atoms with Gasteiger partial charge < -0.3 is 4.74 Å². The SMILES string of the molecule is CCOC(=O)CCCCCCC1C(=O)NC(=O)N1N=Cc1ccccc1. The number of nitrogens with zero attached hydrogens (tertiary/aromatic N) is 2. The van der Waals surface area contributed by atoms with Crippen molar-refractivity contribution in [2.75, 3.05) is 6.61 Å². The Morgan fingerprint density at radius 1 is 1.19 bits per heavy atom. The van der Waals surface area contributed by atoms with E-state index >= 15 is 0 Å².